The van der Waals surface area contributed by atoms with Gasteiger partial charge in [-0.2, -0.15) is 0 Å². The Morgan fingerprint density at radius 1 is 1.00 bits per heavy atom. The molecule has 4 rings (SSSR count). The third-order valence-corrected chi connectivity index (χ3v) is 6.74. The fourth-order valence-corrected chi connectivity index (χ4v) is 4.58. The molecular formula is C30H33NO4. The van der Waals surface area contributed by atoms with Crippen molar-refractivity contribution in [3.05, 3.63) is 88.5 Å². The summed E-state index contributed by atoms with van der Waals surface area (Å²) in [4.78, 5) is 22.9. The van der Waals surface area contributed by atoms with E-state index in [1.54, 1.807) is 12.1 Å². The van der Waals surface area contributed by atoms with Gasteiger partial charge in [0.1, 0.15) is 11.9 Å². The summed E-state index contributed by atoms with van der Waals surface area (Å²) in [6.07, 6.45) is -0.232. The average Bonchev–Trinajstić information content (AvgIpc) is 3.13. The lowest BCUT2D eigenvalue weighted by molar-refractivity contribution is -0.136. The second-order valence-corrected chi connectivity index (χ2v) is 10.4. The number of fused-ring (bicyclic) bond motifs is 1. The largest absolute Gasteiger partial charge is 0.485 e. The number of carboxylic acids is 1. The zero-order valence-electron chi connectivity index (χ0n) is 21.0. The van der Waals surface area contributed by atoms with Crippen LogP contribution < -0.4 is 10.1 Å². The molecule has 0 radical (unpaired) electrons. The van der Waals surface area contributed by atoms with Crippen molar-refractivity contribution >= 4 is 11.9 Å². The molecule has 0 saturated carbocycles. The molecule has 0 aliphatic carbocycles. The Balaban J connectivity index is 1.52. The van der Waals surface area contributed by atoms with Crippen LogP contribution in [0, 0.1) is 6.92 Å². The Labute approximate surface area is 207 Å². The average molecular weight is 472 g/mol. The van der Waals surface area contributed by atoms with E-state index in [-0.39, 0.29) is 36.3 Å². The molecule has 3 aromatic rings. The molecule has 0 fully saturated rings. The number of amides is 1. The maximum absolute atomic E-state index is 12.3. The van der Waals surface area contributed by atoms with Crippen molar-refractivity contribution in [3.63, 3.8) is 0 Å². The zero-order valence-corrected chi connectivity index (χ0v) is 21.0. The van der Waals surface area contributed by atoms with Gasteiger partial charge in [-0.25, -0.2) is 0 Å². The molecule has 2 N–H and O–H groups in total. The lowest BCUT2D eigenvalue weighted by Gasteiger charge is -2.19. The Bertz CT molecular complexity index is 1240. The summed E-state index contributed by atoms with van der Waals surface area (Å²) in [5.74, 6) is -0.147. The molecule has 2 unspecified atom stereocenters. The number of ether oxygens (including phenoxy) is 1. The molecular weight excluding hydrogens is 438 g/mol. The van der Waals surface area contributed by atoms with Gasteiger partial charge < -0.3 is 15.2 Å². The standard InChI is InChI=1S/C30H33NO4/c1-18-16-26-25(17-24(18)20-10-12-23(13-11-20)30(3,4)5)19(2)28(35-26)21-6-8-22(9-7-21)29(34)31-15-14-27(32)33/h6-13,16-17,19,28H,14-15H2,1-5H3,(H,31,34)(H,32,33). The topological polar surface area (TPSA) is 75.6 Å². The number of carbonyl (C=O) groups is 2. The minimum absolute atomic E-state index is 0.0996. The van der Waals surface area contributed by atoms with Gasteiger partial charge in [0.2, 0.25) is 0 Å². The minimum atomic E-state index is -0.937. The summed E-state index contributed by atoms with van der Waals surface area (Å²) in [6, 6.07) is 20.6. The molecule has 35 heavy (non-hydrogen) atoms. The molecule has 0 aromatic heterocycles. The number of carbonyl (C=O) groups excluding carboxylic acids is 1. The SMILES string of the molecule is Cc1cc2c(cc1-c1ccc(C(C)(C)C)cc1)C(C)C(c1ccc(C(=O)NCCC(=O)O)cc1)O2. The first kappa shape index (κ1) is 24.5. The molecule has 1 aliphatic rings. The highest BCUT2D eigenvalue weighted by Crippen LogP contribution is 2.48. The van der Waals surface area contributed by atoms with Gasteiger partial charge in [0, 0.05) is 23.6 Å². The first-order valence-corrected chi connectivity index (χ1v) is 12.1. The van der Waals surface area contributed by atoms with E-state index in [2.05, 4.69) is 76.3 Å². The number of carboxylic acid groups (broad SMARTS) is 1. The Hall–Kier alpha value is -3.60. The predicted octanol–water partition coefficient (Wildman–Crippen LogP) is 6.40. The van der Waals surface area contributed by atoms with Crippen molar-refractivity contribution in [1.82, 2.24) is 5.32 Å². The highest BCUT2D eigenvalue weighted by Gasteiger charge is 2.33. The van der Waals surface area contributed by atoms with Gasteiger partial charge in [-0.1, -0.05) is 64.1 Å². The van der Waals surface area contributed by atoms with Crippen molar-refractivity contribution in [3.8, 4) is 16.9 Å². The van der Waals surface area contributed by atoms with Gasteiger partial charge in [-0.15, -0.1) is 0 Å². The normalized spacial score (nSPS) is 16.9. The zero-order chi connectivity index (χ0) is 25.3. The van der Waals surface area contributed by atoms with Gasteiger partial charge in [0.05, 0.1) is 6.42 Å². The van der Waals surface area contributed by atoms with Gasteiger partial charge in [-0.05, 0) is 64.4 Å². The second-order valence-electron chi connectivity index (χ2n) is 10.4. The smallest absolute Gasteiger partial charge is 0.305 e. The van der Waals surface area contributed by atoms with Gasteiger partial charge in [-0.3, -0.25) is 9.59 Å². The molecule has 5 heteroatoms. The van der Waals surface area contributed by atoms with Crippen molar-refractivity contribution in [2.75, 3.05) is 6.54 Å². The summed E-state index contributed by atoms with van der Waals surface area (Å²) in [6.45, 7) is 11.1. The van der Waals surface area contributed by atoms with E-state index in [0.29, 0.717) is 5.56 Å². The van der Waals surface area contributed by atoms with Crippen molar-refractivity contribution < 1.29 is 19.4 Å². The summed E-state index contributed by atoms with van der Waals surface area (Å²) >= 11 is 0. The fraction of sp³-hybridized carbons (Fsp3) is 0.333. The summed E-state index contributed by atoms with van der Waals surface area (Å²) in [7, 11) is 0. The number of hydrogen-bond donors (Lipinski definition) is 2. The second kappa shape index (κ2) is 9.57. The predicted molar refractivity (Wildman–Crippen MR) is 138 cm³/mol. The Morgan fingerprint density at radius 3 is 2.26 bits per heavy atom. The van der Waals surface area contributed by atoms with Crippen LogP contribution >= 0.6 is 0 Å². The van der Waals surface area contributed by atoms with Crippen molar-refractivity contribution in [2.45, 2.75) is 58.5 Å². The van der Waals surface area contributed by atoms with E-state index >= 15 is 0 Å². The Kier molecular flexibility index (Phi) is 6.70. The number of hydrogen-bond acceptors (Lipinski definition) is 3. The van der Waals surface area contributed by atoms with Crippen LogP contribution in [0.1, 0.15) is 78.7 Å². The summed E-state index contributed by atoms with van der Waals surface area (Å²) in [5, 5.41) is 11.4. The van der Waals surface area contributed by atoms with Crippen molar-refractivity contribution in [2.24, 2.45) is 0 Å². The molecule has 1 amide bonds. The molecule has 0 saturated heterocycles. The first-order chi connectivity index (χ1) is 16.5. The monoisotopic (exact) mass is 471 g/mol. The van der Waals surface area contributed by atoms with E-state index in [9.17, 15) is 9.59 Å². The van der Waals surface area contributed by atoms with Crippen LogP contribution in [0.15, 0.2) is 60.7 Å². The minimum Gasteiger partial charge on any atom is -0.485 e. The van der Waals surface area contributed by atoms with Crippen LogP contribution in [0.25, 0.3) is 11.1 Å². The first-order valence-electron chi connectivity index (χ1n) is 12.1. The van der Waals surface area contributed by atoms with Gasteiger partial charge in [0.15, 0.2) is 0 Å². The van der Waals surface area contributed by atoms with Crippen LogP contribution in [0.3, 0.4) is 0 Å². The summed E-state index contributed by atoms with van der Waals surface area (Å²) < 4.78 is 6.37. The summed E-state index contributed by atoms with van der Waals surface area (Å²) in [5.41, 5.74) is 7.72. The van der Waals surface area contributed by atoms with E-state index in [4.69, 9.17) is 9.84 Å². The van der Waals surface area contributed by atoms with Crippen LogP contribution in [0.2, 0.25) is 0 Å². The molecule has 1 aliphatic heterocycles. The molecule has 0 spiro atoms. The van der Waals surface area contributed by atoms with Crippen LogP contribution in [-0.2, 0) is 10.2 Å². The maximum Gasteiger partial charge on any atom is 0.305 e. The molecule has 3 aromatic carbocycles. The lowest BCUT2D eigenvalue weighted by Crippen LogP contribution is -2.26. The molecule has 5 nitrogen and oxygen atoms in total. The molecule has 1 heterocycles. The van der Waals surface area contributed by atoms with E-state index < -0.39 is 5.97 Å². The third-order valence-electron chi connectivity index (χ3n) is 6.74. The third kappa shape index (κ3) is 5.24. The highest BCUT2D eigenvalue weighted by molar-refractivity contribution is 5.94. The number of aryl methyl sites for hydroxylation is 1. The van der Waals surface area contributed by atoms with E-state index in [1.165, 1.54) is 27.8 Å². The molecule has 182 valence electrons. The molecule has 2 atom stereocenters. The van der Waals surface area contributed by atoms with E-state index in [1.807, 2.05) is 12.1 Å². The lowest BCUT2D eigenvalue weighted by atomic mass is 9.85. The number of nitrogens with one attached hydrogen (secondary N) is 1. The maximum atomic E-state index is 12.3. The highest BCUT2D eigenvalue weighted by atomic mass is 16.5. The van der Waals surface area contributed by atoms with Crippen molar-refractivity contribution in [1.29, 1.82) is 0 Å². The number of rotatable bonds is 6. The quantitative estimate of drug-likeness (QED) is 0.436. The van der Waals surface area contributed by atoms with Crippen LogP contribution in [-0.4, -0.2) is 23.5 Å². The van der Waals surface area contributed by atoms with E-state index in [0.717, 1.165) is 11.3 Å². The molecule has 0 bridgehead atoms. The number of benzene rings is 3. The van der Waals surface area contributed by atoms with Gasteiger partial charge in [0.25, 0.3) is 5.91 Å². The Morgan fingerprint density at radius 2 is 1.66 bits per heavy atom. The van der Waals surface area contributed by atoms with Crippen LogP contribution in [0.4, 0.5) is 0 Å². The van der Waals surface area contributed by atoms with Gasteiger partial charge >= 0.3 is 5.97 Å². The fourth-order valence-electron chi connectivity index (χ4n) is 4.58. The van der Waals surface area contributed by atoms with Crippen LogP contribution in [0.5, 0.6) is 5.75 Å². The number of aliphatic carboxylic acids is 1.